The van der Waals surface area contributed by atoms with E-state index in [4.69, 9.17) is 5.26 Å². The minimum absolute atomic E-state index is 0.0741. The number of hydrogen-bond acceptors (Lipinski definition) is 2. The molecule has 0 bridgehead atoms. The van der Waals surface area contributed by atoms with Crippen LogP contribution in [-0.2, 0) is 4.79 Å². The van der Waals surface area contributed by atoms with E-state index in [-0.39, 0.29) is 5.91 Å². The van der Waals surface area contributed by atoms with E-state index in [0.29, 0.717) is 12.8 Å². The van der Waals surface area contributed by atoms with Crippen LogP contribution < -0.4 is 0 Å². The fourth-order valence-corrected chi connectivity index (χ4v) is 0.874. The van der Waals surface area contributed by atoms with Crippen molar-refractivity contribution in [3.05, 3.63) is 0 Å². The molecule has 3 nitrogen and oxygen atoms in total. The number of carbonyl (C=O) groups excluding carboxylic acids is 1. The summed E-state index contributed by atoms with van der Waals surface area (Å²) in [7, 11) is 1.79. The molecule has 0 fully saturated rings. The summed E-state index contributed by atoms with van der Waals surface area (Å²) in [5, 5.41) is 8.25. The van der Waals surface area contributed by atoms with E-state index >= 15 is 0 Å². The first-order chi connectivity index (χ1) is 5.72. The first-order valence-corrected chi connectivity index (χ1v) is 4.33. The highest BCUT2D eigenvalue weighted by Crippen LogP contribution is 1.97. The standard InChI is InChI=1S/C9H16N2O/c1-3-4-8-11(2)9(12)6-5-7-10/h3-6,8H2,1-2H3. The molecule has 0 atom stereocenters. The van der Waals surface area contributed by atoms with Gasteiger partial charge in [0, 0.05) is 26.4 Å². The maximum absolute atomic E-state index is 11.2. The van der Waals surface area contributed by atoms with E-state index in [1.54, 1.807) is 11.9 Å². The van der Waals surface area contributed by atoms with Crippen molar-refractivity contribution in [3.63, 3.8) is 0 Å². The molecular weight excluding hydrogens is 152 g/mol. The van der Waals surface area contributed by atoms with Crippen LogP contribution in [0.3, 0.4) is 0 Å². The van der Waals surface area contributed by atoms with Crippen molar-refractivity contribution in [2.45, 2.75) is 32.6 Å². The summed E-state index contributed by atoms with van der Waals surface area (Å²) < 4.78 is 0. The van der Waals surface area contributed by atoms with Crippen LogP contribution in [-0.4, -0.2) is 24.4 Å². The molecule has 0 spiro atoms. The molecule has 0 aromatic heterocycles. The van der Waals surface area contributed by atoms with Gasteiger partial charge in [-0.05, 0) is 6.42 Å². The Morgan fingerprint density at radius 1 is 1.58 bits per heavy atom. The lowest BCUT2D eigenvalue weighted by Gasteiger charge is -2.15. The average molecular weight is 168 g/mol. The van der Waals surface area contributed by atoms with Gasteiger partial charge in [0.05, 0.1) is 6.07 Å². The van der Waals surface area contributed by atoms with Gasteiger partial charge in [-0.2, -0.15) is 5.26 Å². The third kappa shape index (κ3) is 4.73. The lowest BCUT2D eigenvalue weighted by molar-refractivity contribution is -0.129. The van der Waals surface area contributed by atoms with E-state index < -0.39 is 0 Å². The average Bonchev–Trinajstić information content (AvgIpc) is 2.10. The highest BCUT2D eigenvalue weighted by Gasteiger charge is 2.06. The SMILES string of the molecule is CCCCN(C)C(=O)CCC#N. The summed E-state index contributed by atoms with van der Waals surface area (Å²) in [6.07, 6.45) is 2.82. The van der Waals surface area contributed by atoms with Crippen LogP contribution in [0.2, 0.25) is 0 Å². The zero-order valence-corrected chi connectivity index (χ0v) is 7.84. The molecule has 0 aliphatic heterocycles. The van der Waals surface area contributed by atoms with Gasteiger partial charge in [-0.15, -0.1) is 0 Å². The summed E-state index contributed by atoms with van der Waals surface area (Å²) in [6, 6.07) is 1.96. The molecule has 0 radical (unpaired) electrons. The normalized spacial score (nSPS) is 9.08. The van der Waals surface area contributed by atoms with Crippen LogP contribution >= 0.6 is 0 Å². The van der Waals surface area contributed by atoms with Gasteiger partial charge < -0.3 is 4.90 Å². The number of amides is 1. The molecule has 1 amide bonds. The minimum Gasteiger partial charge on any atom is -0.346 e. The van der Waals surface area contributed by atoms with Crippen LogP contribution in [0.15, 0.2) is 0 Å². The summed E-state index contributed by atoms with van der Waals surface area (Å²) >= 11 is 0. The van der Waals surface area contributed by atoms with Gasteiger partial charge in [0.15, 0.2) is 0 Å². The van der Waals surface area contributed by atoms with E-state index in [9.17, 15) is 4.79 Å². The molecule has 0 rings (SSSR count). The number of hydrogen-bond donors (Lipinski definition) is 0. The van der Waals surface area contributed by atoms with Crippen molar-refractivity contribution in [1.29, 1.82) is 5.26 Å². The molecule has 68 valence electrons. The Balaban J connectivity index is 3.55. The molecule has 0 unspecified atom stereocenters. The van der Waals surface area contributed by atoms with Gasteiger partial charge in [0.25, 0.3) is 0 Å². The van der Waals surface area contributed by atoms with Gasteiger partial charge in [-0.25, -0.2) is 0 Å². The predicted molar refractivity (Wildman–Crippen MR) is 47.4 cm³/mol. The van der Waals surface area contributed by atoms with Gasteiger partial charge in [-0.3, -0.25) is 4.79 Å². The van der Waals surface area contributed by atoms with Gasteiger partial charge >= 0.3 is 0 Å². The summed E-state index contributed by atoms with van der Waals surface area (Å²) in [4.78, 5) is 12.9. The smallest absolute Gasteiger partial charge is 0.223 e. The van der Waals surface area contributed by atoms with Crippen LogP contribution in [0.5, 0.6) is 0 Å². The Hall–Kier alpha value is -1.04. The quantitative estimate of drug-likeness (QED) is 0.625. The van der Waals surface area contributed by atoms with E-state index in [1.165, 1.54) is 0 Å². The van der Waals surface area contributed by atoms with Crippen molar-refractivity contribution in [3.8, 4) is 6.07 Å². The summed E-state index contributed by atoms with van der Waals surface area (Å²) in [6.45, 7) is 2.90. The molecule has 0 aliphatic rings. The highest BCUT2D eigenvalue weighted by atomic mass is 16.2. The summed E-state index contributed by atoms with van der Waals surface area (Å²) in [5.41, 5.74) is 0. The Bertz CT molecular complexity index is 172. The maximum atomic E-state index is 11.2. The van der Waals surface area contributed by atoms with Crippen molar-refractivity contribution in [2.24, 2.45) is 0 Å². The molecule has 0 saturated heterocycles. The van der Waals surface area contributed by atoms with Crippen LogP contribution in [0, 0.1) is 11.3 Å². The lowest BCUT2D eigenvalue weighted by atomic mass is 10.2. The second-order valence-electron chi connectivity index (χ2n) is 2.83. The second kappa shape index (κ2) is 6.66. The van der Waals surface area contributed by atoms with Crippen LogP contribution in [0.4, 0.5) is 0 Å². The molecule has 0 aromatic rings. The zero-order chi connectivity index (χ0) is 9.40. The van der Waals surface area contributed by atoms with Crippen LogP contribution in [0.25, 0.3) is 0 Å². The Labute approximate surface area is 74.0 Å². The zero-order valence-electron chi connectivity index (χ0n) is 7.84. The van der Waals surface area contributed by atoms with E-state index in [1.807, 2.05) is 6.07 Å². The first kappa shape index (κ1) is 11.0. The molecule has 0 aromatic carbocycles. The fourth-order valence-electron chi connectivity index (χ4n) is 0.874. The molecule has 0 N–H and O–H groups in total. The Morgan fingerprint density at radius 3 is 2.75 bits per heavy atom. The van der Waals surface area contributed by atoms with Crippen molar-refractivity contribution in [1.82, 2.24) is 4.90 Å². The van der Waals surface area contributed by atoms with Gasteiger partial charge in [0.1, 0.15) is 0 Å². The molecule has 0 aliphatic carbocycles. The second-order valence-corrected chi connectivity index (χ2v) is 2.83. The monoisotopic (exact) mass is 168 g/mol. The third-order valence-electron chi connectivity index (χ3n) is 1.72. The van der Waals surface area contributed by atoms with E-state index in [2.05, 4.69) is 6.92 Å². The summed E-state index contributed by atoms with van der Waals surface area (Å²) in [5.74, 6) is 0.0741. The fraction of sp³-hybridized carbons (Fsp3) is 0.778. The maximum Gasteiger partial charge on any atom is 0.223 e. The third-order valence-corrected chi connectivity index (χ3v) is 1.72. The van der Waals surface area contributed by atoms with E-state index in [0.717, 1.165) is 19.4 Å². The van der Waals surface area contributed by atoms with Gasteiger partial charge in [0.2, 0.25) is 5.91 Å². The van der Waals surface area contributed by atoms with Crippen LogP contribution in [0.1, 0.15) is 32.6 Å². The topological polar surface area (TPSA) is 44.1 Å². The number of carbonyl (C=O) groups is 1. The molecule has 0 saturated carbocycles. The largest absolute Gasteiger partial charge is 0.346 e. The minimum atomic E-state index is 0.0741. The lowest BCUT2D eigenvalue weighted by Crippen LogP contribution is -2.27. The van der Waals surface area contributed by atoms with Gasteiger partial charge in [-0.1, -0.05) is 13.3 Å². The number of rotatable bonds is 5. The Kier molecular flexibility index (Phi) is 6.08. The number of nitriles is 1. The van der Waals surface area contributed by atoms with Crippen molar-refractivity contribution >= 4 is 5.91 Å². The molecule has 12 heavy (non-hydrogen) atoms. The Morgan fingerprint density at radius 2 is 2.25 bits per heavy atom. The molecule has 3 heteroatoms. The number of unbranched alkanes of at least 4 members (excludes halogenated alkanes) is 1. The van der Waals surface area contributed by atoms with Crippen molar-refractivity contribution in [2.75, 3.05) is 13.6 Å². The highest BCUT2D eigenvalue weighted by molar-refractivity contribution is 5.75. The molecule has 0 heterocycles. The molecular formula is C9H16N2O. The number of nitrogens with zero attached hydrogens (tertiary/aromatic N) is 2. The van der Waals surface area contributed by atoms with Crippen molar-refractivity contribution < 1.29 is 4.79 Å². The first-order valence-electron chi connectivity index (χ1n) is 4.33. The predicted octanol–water partition coefficient (Wildman–Crippen LogP) is 1.55.